The van der Waals surface area contributed by atoms with Crippen LogP contribution in [0.3, 0.4) is 0 Å². The largest absolute Gasteiger partial charge is 0.465 e. The van der Waals surface area contributed by atoms with Crippen molar-refractivity contribution in [1.82, 2.24) is 4.98 Å². The minimum Gasteiger partial charge on any atom is -0.465 e. The highest BCUT2D eigenvalue weighted by atomic mass is 16.5. The Hall–Kier alpha value is -1.58. The maximum absolute atomic E-state index is 11.4. The topological polar surface area (TPSA) is 51.2 Å². The quantitative estimate of drug-likeness (QED) is 0.816. The normalized spacial score (nSPS) is 23.4. The summed E-state index contributed by atoms with van der Waals surface area (Å²) in [6, 6.07) is 3.88. The van der Waals surface area contributed by atoms with Crippen LogP contribution >= 0.6 is 0 Å². The first-order chi connectivity index (χ1) is 8.20. The van der Waals surface area contributed by atoms with E-state index in [4.69, 9.17) is 0 Å². The number of carbonyl (C=O) groups excluding carboxylic acids is 1. The zero-order chi connectivity index (χ0) is 12.3. The lowest BCUT2D eigenvalue weighted by molar-refractivity contribution is 0.0600. The van der Waals surface area contributed by atoms with Gasteiger partial charge in [-0.05, 0) is 30.9 Å². The van der Waals surface area contributed by atoms with Crippen LogP contribution in [0, 0.1) is 5.92 Å². The van der Waals surface area contributed by atoms with Crippen molar-refractivity contribution in [3.63, 3.8) is 0 Å². The maximum atomic E-state index is 11.4. The van der Waals surface area contributed by atoms with Gasteiger partial charge in [0.2, 0.25) is 0 Å². The van der Waals surface area contributed by atoms with Gasteiger partial charge >= 0.3 is 5.97 Å². The summed E-state index contributed by atoms with van der Waals surface area (Å²) in [6.45, 7) is 2.24. The monoisotopic (exact) mass is 234 g/mol. The molecule has 2 unspecified atom stereocenters. The number of anilines is 1. The summed E-state index contributed by atoms with van der Waals surface area (Å²) < 4.78 is 4.69. The third-order valence-corrected chi connectivity index (χ3v) is 3.38. The van der Waals surface area contributed by atoms with Crippen molar-refractivity contribution in [3.05, 3.63) is 23.9 Å². The predicted octanol–water partition coefficient (Wildman–Crippen LogP) is 2.47. The summed E-state index contributed by atoms with van der Waals surface area (Å²) in [5.41, 5.74) is 0.538. The van der Waals surface area contributed by atoms with E-state index in [2.05, 4.69) is 22.0 Å². The Morgan fingerprint density at radius 2 is 2.35 bits per heavy atom. The smallest absolute Gasteiger partial charge is 0.338 e. The Kier molecular flexibility index (Phi) is 3.61. The van der Waals surface area contributed by atoms with Gasteiger partial charge in [0.05, 0.1) is 12.7 Å². The molecule has 1 aromatic rings. The van der Waals surface area contributed by atoms with Gasteiger partial charge < -0.3 is 10.1 Å². The fourth-order valence-electron chi connectivity index (χ4n) is 2.30. The number of nitrogens with zero attached hydrogens (tertiary/aromatic N) is 1. The van der Waals surface area contributed by atoms with Gasteiger partial charge in [-0.25, -0.2) is 9.78 Å². The van der Waals surface area contributed by atoms with Crippen molar-refractivity contribution in [1.29, 1.82) is 0 Å². The van der Waals surface area contributed by atoms with E-state index in [0.29, 0.717) is 17.5 Å². The van der Waals surface area contributed by atoms with Gasteiger partial charge in [0, 0.05) is 12.2 Å². The van der Waals surface area contributed by atoms with Gasteiger partial charge in [0.15, 0.2) is 0 Å². The van der Waals surface area contributed by atoms with Crippen LogP contribution in [0.5, 0.6) is 0 Å². The second-order valence-electron chi connectivity index (χ2n) is 4.58. The van der Waals surface area contributed by atoms with E-state index >= 15 is 0 Å². The molecule has 1 aliphatic carbocycles. The average molecular weight is 234 g/mol. The number of hydrogen-bond acceptors (Lipinski definition) is 4. The summed E-state index contributed by atoms with van der Waals surface area (Å²) in [4.78, 5) is 15.6. The molecule has 0 radical (unpaired) electrons. The molecule has 1 aromatic heterocycles. The number of aromatic nitrogens is 1. The minimum absolute atomic E-state index is 0.324. The molecular weight excluding hydrogens is 216 g/mol. The molecule has 0 saturated heterocycles. The molecule has 1 N–H and O–H groups in total. The SMILES string of the molecule is COC(=O)c1ccnc(NC2CCCC2C)c1. The van der Waals surface area contributed by atoms with E-state index in [1.165, 1.54) is 26.4 Å². The molecule has 1 saturated carbocycles. The van der Waals surface area contributed by atoms with Gasteiger partial charge in [-0.15, -0.1) is 0 Å². The summed E-state index contributed by atoms with van der Waals surface area (Å²) in [7, 11) is 1.38. The summed E-state index contributed by atoms with van der Waals surface area (Å²) in [5, 5.41) is 3.39. The van der Waals surface area contributed by atoms with E-state index in [0.717, 1.165) is 5.82 Å². The molecule has 0 bridgehead atoms. The van der Waals surface area contributed by atoms with Crippen molar-refractivity contribution in [3.8, 4) is 0 Å². The van der Waals surface area contributed by atoms with E-state index in [9.17, 15) is 4.79 Å². The van der Waals surface area contributed by atoms with E-state index in [1.807, 2.05) is 0 Å². The van der Waals surface area contributed by atoms with Crippen molar-refractivity contribution in [2.45, 2.75) is 32.2 Å². The minimum atomic E-state index is -0.324. The highest BCUT2D eigenvalue weighted by Gasteiger charge is 2.23. The number of pyridine rings is 1. The van der Waals surface area contributed by atoms with Crippen molar-refractivity contribution in [2.24, 2.45) is 5.92 Å². The number of hydrogen-bond donors (Lipinski definition) is 1. The Balaban J connectivity index is 2.08. The van der Waals surface area contributed by atoms with Crippen molar-refractivity contribution in [2.75, 3.05) is 12.4 Å². The standard InChI is InChI=1S/C13H18N2O2/c1-9-4-3-5-11(9)15-12-8-10(6-7-14-12)13(16)17-2/h6-9,11H,3-5H2,1-2H3,(H,14,15). The van der Waals surface area contributed by atoms with Gasteiger partial charge in [0.1, 0.15) is 5.82 Å². The summed E-state index contributed by atoms with van der Waals surface area (Å²) >= 11 is 0. The lowest BCUT2D eigenvalue weighted by atomic mass is 10.1. The van der Waals surface area contributed by atoms with Crippen molar-refractivity contribution >= 4 is 11.8 Å². The molecule has 1 heterocycles. The molecule has 2 rings (SSSR count). The van der Waals surface area contributed by atoms with E-state index < -0.39 is 0 Å². The Bertz CT molecular complexity index is 406. The molecule has 1 fully saturated rings. The van der Waals surface area contributed by atoms with Crippen LogP contribution in [0.15, 0.2) is 18.3 Å². The number of ether oxygens (including phenoxy) is 1. The van der Waals surface area contributed by atoms with Crippen LogP contribution in [-0.2, 0) is 4.74 Å². The number of esters is 1. The second kappa shape index (κ2) is 5.17. The molecule has 0 amide bonds. The number of nitrogens with one attached hydrogen (secondary N) is 1. The molecule has 17 heavy (non-hydrogen) atoms. The summed E-state index contributed by atoms with van der Waals surface area (Å²) in [6.07, 6.45) is 5.32. The molecule has 92 valence electrons. The molecular formula is C13H18N2O2. The van der Waals surface area contributed by atoms with Gasteiger partial charge in [-0.1, -0.05) is 13.3 Å². The molecule has 1 aliphatic rings. The first kappa shape index (κ1) is 11.9. The predicted molar refractivity (Wildman–Crippen MR) is 66.0 cm³/mol. The first-order valence-electron chi connectivity index (χ1n) is 6.01. The lowest BCUT2D eigenvalue weighted by Gasteiger charge is -2.18. The third kappa shape index (κ3) is 2.75. The first-order valence-corrected chi connectivity index (χ1v) is 6.01. The van der Waals surface area contributed by atoms with Gasteiger partial charge in [0.25, 0.3) is 0 Å². The van der Waals surface area contributed by atoms with Crippen LogP contribution in [0.2, 0.25) is 0 Å². The summed E-state index contributed by atoms with van der Waals surface area (Å²) in [5.74, 6) is 1.10. The van der Waals surface area contributed by atoms with E-state index in [1.54, 1.807) is 18.3 Å². The Morgan fingerprint density at radius 3 is 3.00 bits per heavy atom. The van der Waals surface area contributed by atoms with Crippen molar-refractivity contribution < 1.29 is 9.53 Å². The maximum Gasteiger partial charge on any atom is 0.338 e. The zero-order valence-electron chi connectivity index (χ0n) is 10.3. The molecule has 0 spiro atoms. The van der Waals surface area contributed by atoms with E-state index in [-0.39, 0.29) is 5.97 Å². The fraction of sp³-hybridized carbons (Fsp3) is 0.538. The lowest BCUT2D eigenvalue weighted by Crippen LogP contribution is -2.22. The van der Waals surface area contributed by atoms with Crippen LogP contribution in [0.25, 0.3) is 0 Å². The van der Waals surface area contributed by atoms with Gasteiger partial charge in [-0.3, -0.25) is 0 Å². The Morgan fingerprint density at radius 1 is 1.53 bits per heavy atom. The molecule has 4 nitrogen and oxygen atoms in total. The van der Waals surface area contributed by atoms with Crippen LogP contribution in [0.4, 0.5) is 5.82 Å². The molecule has 2 atom stereocenters. The molecule has 0 aromatic carbocycles. The van der Waals surface area contributed by atoms with Crippen LogP contribution in [-0.4, -0.2) is 24.1 Å². The van der Waals surface area contributed by atoms with Crippen LogP contribution in [0.1, 0.15) is 36.5 Å². The highest BCUT2D eigenvalue weighted by Crippen LogP contribution is 2.27. The van der Waals surface area contributed by atoms with Crippen LogP contribution < -0.4 is 5.32 Å². The zero-order valence-corrected chi connectivity index (χ0v) is 10.3. The average Bonchev–Trinajstić information content (AvgIpc) is 2.74. The molecule has 0 aliphatic heterocycles. The Labute approximate surface area is 101 Å². The number of methoxy groups -OCH3 is 1. The fourth-order valence-corrected chi connectivity index (χ4v) is 2.30. The third-order valence-electron chi connectivity index (χ3n) is 3.38. The van der Waals surface area contributed by atoms with Gasteiger partial charge in [-0.2, -0.15) is 0 Å². The molecule has 4 heteroatoms. The highest BCUT2D eigenvalue weighted by molar-refractivity contribution is 5.89. The number of rotatable bonds is 3. The number of carbonyl (C=O) groups is 1. The second-order valence-corrected chi connectivity index (χ2v) is 4.58.